The van der Waals surface area contributed by atoms with E-state index in [1.54, 1.807) is 0 Å². The van der Waals surface area contributed by atoms with E-state index in [1.807, 2.05) is 0 Å². The molecule has 1 aromatic carbocycles. The molecule has 0 aromatic heterocycles. The van der Waals surface area contributed by atoms with Gasteiger partial charge in [-0.25, -0.2) is 0 Å². The number of aliphatic hydroxyl groups is 1. The molecular weight excluding hydrogens is 258 g/mol. The molecule has 1 fully saturated rings. The van der Waals surface area contributed by atoms with Crippen LogP contribution in [0.25, 0.3) is 0 Å². The maximum absolute atomic E-state index is 9.45. The third-order valence-electron chi connectivity index (χ3n) is 5.02. The smallest absolute Gasteiger partial charge is 0.0449 e. The van der Waals surface area contributed by atoms with Gasteiger partial charge in [-0.15, -0.1) is 0 Å². The molecule has 0 saturated carbocycles. The van der Waals surface area contributed by atoms with Crippen molar-refractivity contribution in [2.45, 2.75) is 52.5 Å². The molecule has 1 aliphatic heterocycles. The van der Waals surface area contributed by atoms with E-state index in [0.717, 1.165) is 25.4 Å². The van der Waals surface area contributed by atoms with Crippen molar-refractivity contribution in [2.75, 3.05) is 19.7 Å². The van der Waals surface area contributed by atoms with E-state index < -0.39 is 0 Å². The molecule has 0 unspecified atom stereocenters. The molecular formula is C19H31NO. The highest BCUT2D eigenvalue weighted by molar-refractivity contribution is 5.19. The predicted octanol–water partition coefficient (Wildman–Crippen LogP) is 4.26. The van der Waals surface area contributed by atoms with Crippen molar-refractivity contribution < 1.29 is 5.11 Å². The van der Waals surface area contributed by atoms with Gasteiger partial charge in [0.15, 0.2) is 0 Å². The topological polar surface area (TPSA) is 23.5 Å². The zero-order valence-corrected chi connectivity index (χ0v) is 13.9. The third-order valence-corrected chi connectivity index (χ3v) is 5.02. The van der Waals surface area contributed by atoms with Crippen LogP contribution in [0.2, 0.25) is 0 Å². The quantitative estimate of drug-likeness (QED) is 0.895. The van der Waals surface area contributed by atoms with Crippen molar-refractivity contribution in [3.63, 3.8) is 0 Å². The first-order valence-corrected chi connectivity index (χ1v) is 8.42. The summed E-state index contributed by atoms with van der Waals surface area (Å²) in [6.07, 6.45) is 4.72. The number of benzene rings is 1. The zero-order valence-electron chi connectivity index (χ0n) is 13.9. The van der Waals surface area contributed by atoms with Crippen LogP contribution < -0.4 is 0 Å². The van der Waals surface area contributed by atoms with Crippen LogP contribution in [0.5, 0.6) is 0 Å². The minimum atomic E-state index is 0.263. The molecule has 2 nitrogen and oxygen atoms in total. The minimum Gasteiger partial charge on any atom is -0.396 e. The first-order valence-electron chi connectivity index (χ1n) is 8.42. The van der Waals surface area contributed by atoms with Crippen molar-refractivity contribution in [2.24, 2.45) is 11.3 Å². The Balaban J connectivity index is 2.08. The summed E-state index contributed by atoms with van der Waals surface area (Å²) in [5.74, 6) is 0.813. The van der Waals surface area contributed by atoms with Gasteiger partial charge in [0, 0.05) is 12.6 Å². The monoisotopic (exact) mass is 289 g/mol. The first kappa shape index (κ1) is 16.5. The summed E-state index contributed by atoms with van der Waals surface area (Å²) in [5.41, 5.74) is 1.76. The molecule has 2 atom stereocenters. The van der Waals surface area contributed by atoms with Gasteiger partial charge in [-0.2, -0.15) is 0 Å². The molecule has 1 saturated heterocycles. The lowest BCUT2D eigenvalue weighted by molar-refractivity contribution is 0.152. The van der Waals surface area contributed by atoms with Crippen molar-refractivity contribution in [3.8, 4) is 0 Å². The molecule has 0 spiro atoms. The third kappa shape index (κ3) is 4.55. The first-order chi connectivity index (χ1) is 10.0. The standard InChI is InChI=1S/C19H31NO/c1-19(2,3)17-10-7-13-20(14-11-17)18(12-15-21)16-8-5-4-6-9-16/h4-6,8-9,17-18,21H,7,10-15H2,1-3H3/t17-,18+/m0/s1. The fourth-order valence-corrected chi connectivity index (χ4v) is 3.65. The van der Waals surface area contributed by atoms with Crippen LogP contribution in [0.3, 0.4) is 0 Å². The van der Waals surface area contributed by atoms with E-state index in [4.69, 9.17) is 0 Å². The van der Waals surface area contributed by atoms with Gasteiger partial charge in [0.25, 0.3) is 0 Å². The number of hydrogen-bond acceptors (Lipinski definition) is 2. The van der Waals surface area contributed by atoms with Crippen LogP contribution in [-0.2, 0) is 0 Å². The Hall–Kier alpha value is -0.860. The SMILES string of the molecule is CC(C)(C)[C@H]1CCCN([C@H](CCO)c2ccccc2)CC1. The lowest BCUT2D eigenvalue weighted by Crippen LogP contribution is -2.31. The van der Waals surface area contributed by atoms with Gasteiger partial charge in [-0.05, 0) is 55.7 Å². The minimum absolute atomic E-state index is 0.263. The van der Waals surface area contributed by atoms with Gasteiger partial charge in [0.05, 0.1) is 0 Å². The van der Waals surface area contributed by atoms with E-state index in [9.17, 15) is 5.11 Å². The van der Waals surface area contributed by atoms with Crippen LogP contribution in [0, 0.1) is 11.3 Å². The zero-order chi connectivity index (χ0) is 15.3. The van der Waals surface area contributed by atoms with Crippen LogP contribution in [0.15, 0.2) is 30.3 Å². The Bertz CT molecular complexity index is 409. The van der Waals surface area contributed by atoms with Crippen LogP contribution >= 0.6 is 0 Å². The van der Waals surface area contributed by atoms with Gasteiger partial charge in [-0.3, -0.25) is 4.90 Å². The second-order valence-corrected chi connectivity index (χ2v) is 7.47. The maximum Gasteiger partial charge on any atom is 0.0449 e. The summed E-state index contributed by atoms with van der Waals surface area (Å²) in [5, 5.41) is 9.45. The average molecular weight is 289 g/mol. The van der Waals surface area contributed by atoms with E-state index in [-0.39, 0.29) is 6.61 Å². The van der Waals surface area contributed by atoms with Crippen molar-refractivity contribution >= 4 is 0 Å². The van der Waals surface area contributed by atoms with Gasteiger partial charge < -0.3 is 5.11 Å². The number of hydrogen-bond donors (Lipinski definition) is 1. The van der Waals surface area contributed by atoms with E-state index in [2.05, 4.69) is 56.0 Å². The molecule has 0 radical (unpaired) electrons. The van der Waals surface area contributed by atoms with Gasteiger partial charge in [0.2, 0.25) is 0 Å². The van der Waals surface area contributed by atoms with Gasteiger partial charge in [0.1, 0.15) is 0 Å². The number of rotatable bonds is 4. The van der Waals surface area contributed by atoms with E-state index >= 15 is 0 Å². The molecule has 1 aromatic rings. The number of aliphatic hydroxyl groups excluding tert-OH is 1. The summed E-state index contributed by atoms with van der Waals surface area (Å²) in [6, 6.07) is 11.1. The number of nitrogens with zero attached hydrogens (tertiary/aromatic N) is 1. The van der Waals surface area contributed by atoms with Gasteiger partial charge in [-0.1, -0.05) is 51.1 Å². The Morgan fingerprint density at radius 1 is 1.14 bits per heavy atom. The largest absolute Gasteiger partial charge is 0.396 e. The molecule has 0 amide bonds. The fourth-order valence-electron chi connectivity index (χ4n) is 3.65. The van der Waals surface area contributed by atoms with Gasteiger partial charge >= 0.3 is 0 Å². The van der Waals surface area contributed by atoms with E-state index in [0.29, 0.717) is 11.5 Å². The molecule has 2 rings (SSSR count). The van der Waals surface area contributed by atoms with Crippen LogP contribution in [0.1, 0.15) is 58.1 Å². The summed E-state index contributed by atoms with van der Waals surface area (Å²) < 4.78 is 0. The lowest BCUT2D eigenvalue weighted by atomic mass is 9.77. The van der Waals surface area contributed by atoms with E-state index in [1.165, 1.54) is 24.8 Å². The van der Waals surface area contributed by atoms with Crippen molar-refractivity contribution in [3.05, 3.63) is 35.9 Å². The normalized spacial score (nSPS) is 22.8. The molecule has 1 heterocycles. The molecule has 0 bridgehead atoms. The lowest BCUT2D eigenvalue weighted by Gasteiger charge is -2.32. The number of likely N-dealkylation sites (tertiary alicyclic amines) is 1. The van der Waals surface area contributed by atoms with Crippen molar-refractivity contribution in [1.82, 2.24) is 4.90 Å². The summed E-state index contributed by atoms with van der Waals surface area (Å²) in [7, 11) is 0. The van der Waals surface area contributed by atoms with Crippen LogP contribution in [0.4, 0.5) is 0 Å². The molecule has 1 N–H and O–H groups in total. The Morgan fingerprint density at radius 2 is 1.86 bits per heavy atom. The molecule has 0 aliphatic carbocycles. The van der Waals surface area contributed by atoms with Crippen molar-refractivity contribution in [1.29, 1.82) is 0 Å². The predicted molar refractivity (Wildman–Crippen MR) is 89.3 cm³/mol. The Labute approximate surface area is 130 Å². The summed E-state index contributed by atoms with van der Waals surface area (Å²) in [6.45, 7) is 9.69. The molecule has 2 heteroatoms. The average Bonchev–Trinajstić information content (AvgIpc) is 2.71. The second kappa shape index (κ2) is 7.42. The highest BCUT2D eigenvalue weighted by Gasteiger charge is 2.29. The highest BCUT2D eigenvalue weighted by Crippen LogP contribution is 2.36. The highest BCUT2D eigenvalue weighted by atomic mass is 16.3. The second-order valence-electron chi connectivity index (χ2n) is 7.47. The van der Waals surface area contributed by atoms with Crippen LogP contribution in [-0.4, -0.2) is 29.7 Å². The summed E-state index contributed by atoms with van der Waals surface area (Å²) >= 11 is 0. The molecule has 1 aliphatic rings. The Kier molecular flexibility index (Phi) is 5.83. The summed E-state index contributed by atoms with van der Waals surface area (Å²) in [4.78, 5) is 2.59. The molecule has 21 heavy (non-hydrogen) atoms. The fraction of sp³-hybridized carbons (Fsp3) is 0.684. The molecule has 118 valence electrons. The maximum atomic E-state index is 9.45. The Morgan fingerprint density at radius 3 is 2.48 bits per heavy atom.